The van der Waals surface area contributed by atoms with Crippen LogP contribution in [0.1, 0.15) is 16.7 Å². The smallest absolute Gasteiger partial charge is 0.258 e. The predicted molar refractivity (Wildman–Crippen MR) is 76.8 cm³/mol. The number of rotatable bonds is 3. The van der Waals surface area contributed by atoms with Gasteiger partial charge in [-0.2, -0.15) is 0 Å². The molecule has 2 aromatic carbocycles. The number of hydrogen-bond acceptors (Lipinski definition) is 2. The Hall–Kier alpha value is -2.68. The summed E-state index contributed by atoms with van der Waals surface area (Å²) in [6, 6.07) is 17.9. The maximum Gasteiger partial charge on any atom is 0.258 e. The Morgan fingerprint density at radius 2 is 1.45 bits per heavy atom. The second-order valence-corrected chi connectivity index (χ2v) is 4.74. The molecule has 0 saturated heterocycles. The summed E-state index contributed by atoms with van der Waals surface area (Å²) in [5.41, 5.74) is 3.62. The van der Waals surface area contributed by atoms with Gasteiger partial charge in [-0.1, -0.05) is 54.6 Å². The highest BCUT2D eigenvalue weighted by Gasteiger charge is 2.21. The number of benzene rings is 2. The van der Waals surface area contributed by atoms with Crippen molar-refractivity contribution in [1.29, 1.82) is 0 Å². The summed E-state index contributed by atoms with van der Waals surface area (Å²) in [4.78, 5) is 22.7. The van der Waals surface area contributed by atoms with Crippen molar-refractivity contribution in [3.8, 4) is 0 Å². The van der Waals surface area contributed by atoms with Crippen LogP contribution in [0, 0.1) is 0 Å². The molecule has 0 fully saturated rings. The largest absolute Gasteiger partial charge is 0.289 e. The zero-order valence-corrected chi connectivity index (χ0v) is 10.8. The van der Waals surface area contributed by atoms with Gasteiger partial charge in [-0.15, -0.1) is 0 Å². The molecule has 2 aromatic rings. The van der Waals surface area contributed by atoms with E-state index in [1.807, 2.05) is 42.5 Å². The Morgan fingerprint density at radius 1 is 0.800 bits per heavy atom. The molecule has 0 aliphatic carbocycles. The summed E-state index contributed by atoms with van der Waals surface area (Å²) in [6.07, 6.45) is 2.19. The van der Waals surface area contributed by atoms with Crippen LogP contribution in [0.3, 0.4) is 0 Å². The average Bonchev–Trinajstić information content (AvgIpc) is 2.80. The van der Waals surface area contributed by atoms with E-state index in [-0.39, 0.29) is 11.8 Å². The number of carbonyl (C=O) groups is 2. The fourth-order valence-corrected chi connectivity index (χ4v) is 2.26. The van der Waals surface area contributed by atoms with E-state index in [4.69, 9.17) is 0 Å². The molecule has 0 atom stereocenters. The van der Waals surface area contributed by atoms with E-state index in [9.17, 15) is 9.59 Å². The molecule has 1 aliphatic rings. The number of hydrogen-bond donors (Lipinski definition) is 1. The minimum atomic E-state index is -0.349. The van der Waals surface area contributed by atoms with Crippen LogP contribution in [0.4, 0.5) is 0 Å². The lowest BCUT2D eigenvalue weighted by Gasteiger charge is -2.04. The fourth-order valence-electron chi connectivity index (χ4n) is 2.26. The van der Waals surface area contributed by atoms with Crippen molar-refractivity contribution in [3.63, 3.8) is 0 Å². The van der Waals surface area contributed by atoms with E-state index in [0.29, 0.717) is 5.57 Å². The van der Waals surface area contributed by atoms with Gasteiger partial charge in [0.15, 0.2) is 0 Å². The minimum Gasteiger partial charge on any atom is -0.289 e. The van der Waals surface area contributed by atoms with Gasteiger partial charge in [0.25, 0.3) is 11.8 Å². The van der Waals surface area contributed by atoms with Gasteiger partial charge in [0.1, 0.15) is 0 Å². The molecule has 20 heavy (non-hydrogen) atoms. The molecule has 1 N–H and O–H groups in total. The molecule has 3 nitrogen and oxygen atoms in total. The van der Waals surface area contributed by atoms with Gasteiger partial charge in [-0.05, 0) is 23.1 Å². The van der Waals surface area contributed by atoms with Gasteiger partial charge in [0.2, 0.25) is 0 Å². The van der Waals surface area contributed by atoms with Crippen LogP contribution in [0.15, 0.2) is 60.7 Å². The third kappa shape index (κ3) is 2.52. The monoisotopic (exact) mass is 263 g/mol. The molecule has 3 heteroatoms. The molecule has 0 aromatic heterocycles. The van der Waals surface area contributed by atoms with Crippen molar-refractivity contribution >= 4 is 17.4 Å². The topological polar surface area (TPSA) is 46.2 Å². The van der Waals surface area contributed by atoms with Gasteiger partial charge in [-0.25, -0.2) is 0 Å². The normalized spacial score (nSPS) is 14.1. The van der Waals surface area contributed by atoms with Crippen LogP contribution >= 0.6 is 0 Å². The average molecular weight is 263 g/mol. The quantitative estimate of drug-likeness (QED) is 0.864. The number of carbonyl (C=O) groups excluding carboxylic acids is 2. The Morgan fingerprint density at radius 3 is 2.05 bits per heavy atom. The molecular formula is C17H13NO2. The fraction of sp³-hybridized carbons (Fsp3) is 0.0588. The van der Waals surface area contributed by atoms with Crippen molar-refractivity contribution in [2.75, 3.05) is 0 Å². The van der Waals surface area contributed by atoms with E-state index in [0.717, 1.165) is 12.0 Å². The van der Waals surface area contributed by atoms with Gasteiger partial charge < -0.3 is 0 Å². The van der Waals surface area contributed by atoms with Gasteiger partial charge >= 0.3 is 0 Å². The predicted octanol–water partition coefficient (Wildman–Crippen LogP) is 2.32. The molecule has 3 rings (SSSR count). The molecule has 0 radical (unpaired) electrons. The van der Waals surface area contributed by atoms with Crippen LogP contribution in [0.5, 0.6) is 0 Å². The lowest BCUT2D eigenvalue weighted by atomic mass is 10.0. The standard InChI is InChI=1S/C17H13NO2/c19-16-11-15(17(20)18-16)14-8-6-13(7-9-14)10-12-4-2-1-3-5-12/h1-9,11H,10H2,(H,18,19,20). The van der Waals surface area contributed by atoms with Crippen LogP contribution in [0.25, 0.3) is 5.57 Å². The summed E-state index contributed by atoms with van der Waals surface area (Å²) in [7, 11) is 0. The second-order valence-electron chi connectivity index (χ2n) is 4.74. The van der Waals surface area contributed by atoms with Crippen molar-refractivity contribution in [2.24, 2.45) is 0 Å². The highest BCUT2D eigenvalue weighted by Crippen LogP contribution is 2.19. The highest BCUT2D eigenvalue weighted by atomic mass is 16.2. The van der Waals surface area contributed by atoms with Crippen molar-refractivity contribution in [2.45, 2.75) is 6.42 Å². The summed E-state index contributed by atoms with van der Waals surface area (Å²) in [5.74, 6) is -0.677. The van der Waals surface area contributed by atoms with E-state index in [1.165, 1.54) is 17.2 Å². The van der Waals surface area contributed by atoms with Gasteiger partial charge in [-0.3, -0.25) is 14.9 Å². The van der Waals surface area contributed by atoms with Crippen LogP contribution in [-0.4, -0.2) is 11.8 Å². The summed E-state index contributed by atoms with van der Waals surface area (Å²) < 4.78 is 0. The Labute approximate surface area is 116 Å². The van der Waals surface area contributed by atoms with Crippen molar-refractivity contribution < 1.29 is 9.59 Å². The van der Waals surface area contributed by atoms with E-state index in [1.54, 1.807) is 0 Å². The SMILES string of the molecule is O=C1C=C(c2ccc(Cc3ccccc3)cc2)C(=O)N1. The van der Waals surface area contributed by atoms with Gasteiger partial charge in [0.05, 0.1) is 5.57 Å². The second kappa shape index (κ2) is 5.13. The molecule has 0 saturated carbocycles. The van der Waals surface area contributed by atoms with E-state index in [2.05, 4.69) is 17.4 Å². The summed E-state index contributed by atoms with van der Waals surface area (Å²) in [6.45, 7) is 0. The molecule has 1 aliphatic heterocycles. The lowest BCUT2D eigenvalue weighted by molar-refractivity contribution is -0.123. The van der Waals surface area contributed by atoms with Gasteiger partial charge in [0, 0.05) is 6.08 Å². The number of imide groups is 1. The number of amides is 2. The molecule has 0 unspecified atom stereocenters. The van der Waals surface area contributed by atoms with Crippen LogP contribution < -0.4 is 5.32 Å². The molecule has 98 valence electrons. The zero-order valence-electron chi connectivity index (χ0n) is 10.8. The lowest BCUT2D eigenvalue weighted by Crippen LogP contribution is -2.21. The molecule has 0 spiro atoms. The molecule has 0 bridgehead atoms. The van der Waals surface area contributed by atoms with E-state index >= 15 is 0 Å². The third-order valence-electron chi connectivity index (χ3n) is 3.27. The van der Waals surface area contributed by atoms with Crippen LogP contribution in [0.2, 0.25) is 0 Å². The summed E-state index contributed by atoms with van der Waals surface area (Å²) in [5, 5.41) is 2.25. The van der Waals surface area contributed by atoms with Crippen molar-refractivity contribution in [1.82, 2.24) is 5.32 Å². The first kappa shape index (κ1) is 12.4. The minimum absolute atomic E-state index is 0.328. The maximum absolute atomic E-state index is 11.6. The Balaban J connectivity index is 1.80. The molecule has 2 amide bonds. The maximum atomic E-state index is 11.6. The summed E-state index contributed by atoms with van der Waals surface area (Å²) >= 11 is 0. The van der Waals surface area contributed by atoms with Crippen molar-refractivity contribution in [3.05, 3.63) is 77.4 Å². The zero-order chi connectivity index (χ0) is 13.9. The van der Waals surface area contributed by atoms with E-state index < -0.39 is 0 Å². The third-order valence-corrected chi connectivity index (χ3v) is 3.27. The van der Waals surface area contributed by atoms with Crippen LogP contribution in [-0.2, 0) is 16.0 Å². The first-order valence-electron chi connectivity index (χ1n) is 6.42. The first-order chi connectivity index (χ1) is 9.72. The molecule has 1 heterocycles. The Bertz CT molecular complexity index is 685. The highest BCUT2D eigenvalue weighted by molar-refractivity contribution is 6.33. The first-order valence-corrected chi connectivity index (χ1v) is 6.42. The Kier molecular flexibility index (Phi) is 3.17. The molecular weight excluding hydrogens is 250 g/mol. The number of nitrogens with one attached hydrogen (secondary N) is 1.